The number of piperidine rings is 1. The fourth-order valence-corrected chi connectivity index (χ4v) is 3.15. The molecule has 0 bridgehead atoms. The molecule has 2 aromatic rings. The fraction of sp³-hybridized carbons (Fsp3) is 0.316. The molecule has 0 spiro atoms. The first-order valence-corrected chi connectivity index (χ1v) is 8.86. The van der Waals surface area contributed by atoms with Crippen molar-refractivity contribution >= 4 is 29.1 Å². The van der Waals surface area contributed by atoms with Crippen LogP contribution in [0, 0.1) is 0 Å². The molecule has 0 saturated carbocycles. The van der Waals surface area contributed by atoms with Gasteiger partial charge in [-0.15, -0.1) is 0 Å². The van der Waals surface area contributed by atoms with Crippen LogP contribution in [-0.2, 0) is 0 Å². The highest BCUT2D eigenvalue weighted by molar-refractivity contribution is 6.32. The number of nitrogens with one attached hydrogen (secondary N) is 1. The molecule has 0 aliphatic carbocycles. The number of hydrogen-bond acceptors (Lipinski definition) is 4. The number of likely N-dealkylation sites (tertiary alicyclic amines) is 1. The molecule has 3 rings (SSSR count). The summed E-state index contributed by atoms with van der Waals surface area (Å²) in [6.45, 7) is 1.47. The van der Waals surface area contributed by atoms with Gasteiger partial charge in [-0.3, -0.25) is 14.6 Å². The molecule has 0 unspecified atom stereocenters. The molecule has 0 radical (unpaired) electrons. The van der Waals surface area contributed by atoms with Crippen LogP contribution in [0.4, 0.5) is 5.69 Å². The van der Waals surface area contributed by atoms with Crippen molar-refractivity contribution in [3.63, 3.8) is 0 Å². The Labute approximate surface area is 157 Å². The lowest BCUT2D eigenvalue weighted by molar-refractivity contribution is 0.0718. The van der Waals surface area contributed by atoms with E-state index in [0.717, 1.165) is 32.4 Å². The van der Waals surface area contributed by atoms with Crippen LogP contribution in [0.3, 0.4) is 0 Å². The van der Waals surface area contributed by atoms with Crippen molar-refractivity contribution in [3.8, 4) is 5.75 Å². The minimum atomic E-state index is -0.332. The van der Waals surface area contributed by atoms with E-state index in [1.807, 2.05) is 0 Å². The number of carbonyl (C=O) groups excluding carboxylic acids is 2. The van der Waals surface area contributed by atoms with E-state index < -0.39 is 0 Å². The second-order valence-corrected chi connectivity index (χ2v) is 6.49. The van der Waals surface area contributed by atoms with Crippen LogP contribution in [-0.4, -0.2) is 41.9 Å². The van der Waals surface area contributed by atoms with Gasteiger partial charge in [-0.2, -0.15) is 0 Å². The highest BCUT2D eigenvalue weighted by atomic mass is 35.5. The molecule has 6 nitrogen and oxygen atoms in total. The number of anilines is 1. The van der Waals surface area contributed by atoms with Gasteiger partial charge in [-0.25, -0.2) is 0 Å². The van der Waals surface area contributed by atoms with Gasteiger partial charge in [-0.05, 0) is 49.6 Å². The molecule has 1 aromatic heterocycles. The van der Waals surface area contributed by atoms with Gasteiger partial charge in [0.25, 0.3) is 11.8 Å². The lowest BCUT2D eigenvalue weighted by Crippen LogP contribution is -2.36. The van der Waals surface area contributed by atoms with Crippen LogP contribution >= 0.6 is 11.6 Å². The Hall–Kier alpha value is -2.60. The van der Waals surface area contributed by atoms with Crippen LogP contribution < -0.4 is 10.1 Å². The van der Waals surface area contributed by atoms with Gasteiger partial charge < -0.3 is 15.0 Å². The van der Waals surface area contributed by atoms with E-state index in [2.05, 4.69) is 10.3 Å². The third-order valence-electron chi connectivity index (χ3n) is 4.29. The number of amides is 2. The summed E-state index contributed by atoms with van der Waals surface area (Å²) < 4.78 is 5.09. The van der Waals surface area contributed by atoms with E-state index in [1.54, 1.807) is 29.2 Å². The second-order valence-electron chi connectivity index (χ2n) is 6.09. The van der Waals surface area contributed by atoms with Crippen molar-refractivity contribution in [2.24, 2.45) is 0 Å². The Morgan fingerprint density at radius 1 is 1.15 bits per heavy atom. The third-order valence-corrected chi connectivity index (χ3v) is 4.59. The summed E-state index contributed by atoms with van der Waals surface area (Å²) in [6, 6.07) is 8.09. The van der Waals surface area contributed by atoms with Crippen LogP contribution in [0.25, 0.3) is 0 Å². The quantitative estimate of drug-likeness (QED) is 0.888. The predicted octanol–water partition coefficient (Wildman–Crippen LogP) is 3.62. The molecule has 1 aliphatic rings. The number of aromatic nitrogens is 1. The maximum atomic E-state index is 12.5. The Kier molecular flexibility index (Phi) is 5.73. The van der Waals surface area contributed by atoms with E-state index in [-0.39, 0.29) is 17.5 Å². The number of benzene rings is 1. The molecule has 2 heterocycles. The lowest BCUT2D eigenvalue weighted by atomic mass is 10.1. The number of carbonyl (C=O) groups is 2. The first-order chi connectivity index (χ1) is 12.6. The zero-order valence-corrected chi connectivity index (χ0v) is 15.3. The summed E-state index contributed by atoms with van der Waals surface area (Å²) in [4.78, 5) is 31.0. The number of pyridine rings is 1. The van der Waals surface area contributed by atoms with Crippen molar-refractivity contribution in [3.05, 3.63) is 52.8 Å². The summed E-state index contributed by atoms with van der Waals surface area (Å²) >= 11 is 6.08. The molecule has 1 N–H and O–H groups in total. The van der Waals surface area contributed by atoms with Crippen LogP contribution in [0.5, 0.6) is 5.75 Å². The number of nitrogens with zero attached hydrogens (tertiary/aromatic N) is 2. The molecule has 2 amide bonds. The van der Waals surface area contributed by atoms with E-state index in [9.17, 15) is 9.59 Å². The number of methoxy groups -OCH3 is 1. The molecule has 1 saturated heterocycles. The largest absolute Gasteiger partial charge is 0.495 e. The van der Waals surface area contributed by atoms with Crippen molar-refractivity contribution < 1.29 is 14.3 Å². The summed E-state index contributed by atoms with van der Waals surface area (Å²) in [6.07, 6.45) is 4.63. The Balaban J connectivity index is 1.73. The van der Waals surface area contributed by atoms with E-state index >= 15 is 0 Å². The average Bonchev–Trinajstić information content (AvgIpc) is 2.68. The molecule has 7 heteroatoms. The maximum absolute atomic E-state index is 12.5. The molecular formula is C19H20ClN3O3. The Morgan fingerprint density at radius 2 is 1.92 bits per heavy atom. The zero-order valence-electron chi connectivity index (χ0n) is 14.5. The van der Waals surface area contributed by atoms with Crippen molar-refractivity contribution in [2.75, 3.05) is 25.5 Å². The maximum Gasteiger partial charge on any atom is 0.272 e. The molecular weight excluding hydrogens is 354 g/mol. The SMILES string of the molecule is COc1ccc(NC(=O)c2ccnc(C(=O)N3CCCCC3)c2)cc1Cl. The number of halogens is 1. The van der Waals surface area contributed by atoms with E-state index in [1.165, 1.54) is 19.4 Å². The Morgan fingerprint density at radius 3 is 2.62 bits per heavy atom. The summed E-state index contributed by atoms with van der Waals surface area (Å²) in [5.41, 5.74) is 1.20. The topological polar surface area (TPSA) is 71.5 Å². The standard InChI is InChI=1S/C19H20ClN3O3/c1-26-17-6-5-14(12-15(17)20)22-18(24)13-7-8-21-16(11-13)19(25)23-9-3-2-4-10-23/h5-8,11-12H,2-4,9-10H2,1H3,(H,22,24). The third kappa shape index (κ3) is 4.14. The van der Waals surface area contributed by atoms with Gasteiger partial charge in [0.2, 0.25) is 0 Å². The number of rotatable bonds is 4. The predicted molar refractivity (Wildman–Crippen MR) is 99.9 cm³/mol. The smallest absolute Gasteiger partial charge is 0.272 e. The summed E-state index contributed by atoms with van der Waals surface area (Å²) in [5.74, 6) is 0.0659. The molecule has 1 aliphatic heterocycles. The summed E-state index contributed by atoms with van der Waals surface area (Å²) in [5, 5.41) is 3.17. The lowest BCUT2D eigenvalue weighted by Gasteiger charge is -2.26. The van der Waals surface area contributed by atoms with Gasteiger partial charge in [-0.1, -0.05) is 11.6 Å². The van der Waals surface area contributed by atoms with Gasteiger partial charge >= 0.3 is 0 Å². The van der Waals surface area contributed by atoms with Gasteiger partial charge in [0, 0.05) is 30.5 Å². The van der Waals surface area contributed by atoms with Crippen molar-refractivity contribution in [1.29, 1.82) is 0 Å². The first kappa shape index (κ1) is 18.2. The monoisotopic (exact) mass is 373 g/mol. The minimum Gasteiger partial charge on any atom is -0.495 e. The number of hydrogen-bond donors (Lipinski definition) is 1. The van der Waals surface area contributed by atoms with Crippen LogP contribution in [0.1, 0.15) is 40.1 Å². The van der Waals surface area contributed by atoms with Gasteiger partial charge in [0.15, 0.2) is 0 Å². The zero-order chi connectivity index (χ0) is 18.5. The first-order valence-electron chi connectivity index (χ1n) is 8.48. The highest BCUT2D eigenvalue weighted by Crippen LogP contribution is 2.27. The van der Waals surface area contributed by atoms with Gasteiger partial charge in [0.05, 0.1) is 12.1 Å². The average molecular weight is 374 g/mol. The fourth-order valence-electron chi connectivity index (χ4n) is 2.90. The molecule has 26 heavy (non-hydrogen) atoms. The van der Waals surface area contributed by atoms with Crippen molar-refractivity contribution in [1.82, 2.24) is 9.88 Å². The molecule has 136 valence electrons. The summed E-state index contributed by atoms with van der Waals surface area (Å²) in [7, 11) is 1.53. The Bertz CT molecular complexity index is 819. The second kappa shape index (κ2) is 8.19. The van der Waals surface area contributed by atoms with Crippen LogP contribution in [0.2, 0.25) is 5.02 Å². The minimum absolute atomic E-state index is 0.133. The number of ether oxygens (including phenoxy) is 1. The van der Waals surface area contributed by atoms with Crippen molar-refractivity contribution in [2.45, 2.75) is 19.3 Å². The van der Waals surface area contributed by atoms with E-state index in [4.69, 9.17) is 16.3 Å². The molecule has 1 fully saturated rings. The highest BCUT2D eigenvalue weighted by Gasteiger charge is 2.20. The molecule has 1 aromatic carbocycles. The molecule has 0 atom stereocenters. The normalized spacial score (nSPS) is 14.0. The van der Waals surface area contributed by atoms with E-state index in [0.29, 0.717) is 22.0 Å². The van der Waals surface area contributed by atoms with Crippen LogP contribution in [0.15, 0.2) is 36.5 Å². The van der Waals surface area contributed by atoms with Gasteiger partial charge in [0.1, 0.15) is 11.4 Å².